The molecule has 0 aliphatic carbocycles. The van der Waals surface area contributed by atoms with Gasteiger partial charge in [0.05, 0.1) is 3.57 Å². The van der Waals surface area contributed by atoms with Gasteiger partial charge in [-0.25, -0.2) is 0 Å². The van der Waals surface area contributed by atoms with Gasteiger partial charge >= 0.3 is 0 Å². The minimum atomic E-state index is 0. The largest absolute Gasteiger partial charge is 0.506 e. The van der Waals surface area contributed by atoms with Crippen molar-refractivity contribution in [1.29, 1.82) is 0 Å². The maximum Gasteiger partial charge on any atom is 0.133 e. The van der Waals surface area contributed by atoms with Crippen LogP contribution < -0.4 is 5.32 Å². The topological polar surface area (TPSA) is 35.5 Å². The summed E-state index contributed by atoms with van der Waals surface area (Å²) in [6, 6.07) is 4.54. The third-order valence-corrected chi connectivity index (χ3v) is 5.29. The summed E-state index contributed by atoms with van der Waals surface area (Å²) in [6.45, 7) is 6.45. The molecule has 0 aromatic heterocycles. The highest BCUT2D eigenvalue weighted by Gasteiger charge is 2.25. The van der Waals surface area contributed by atoms with Crippen LogP contribution in [0.3, 0.4) is 0 Å². The zero-order valence-electron chi connectivity index (χ0n) is 12.6. The van der Waals surface area contributed by atoms with Gasteiger partial charge in [0, 0.05) is 41.4 Å². The zero-order valence-corrected chi connectivity index (χ0v) is 18.6. The maximum absolute atomic E-state index is 10.5. The van der Waals surface area contributed by atoms with Gasteiger partial charge < -0.3 is 10.4 Å². The van der Waals surface area contributed by atoms with Gasteiger partial charge in [-0.15, -0.1) is 24.8 Å². The van der Waals surface area contributed by atoms with Crippen LogP contribution in [0.1, 0.15) is 37.8 Å². The predicted octanol–water partition coefficient (Wildman–Crippen LogP) is 4.58. The minimum Gasteiger partial charge on any atom is -0.506 e. The van der Waals surface area contributed by atoms with Gasteiger partial charge in [-0.1, -0.05) is 19.8 Å². The Bertz CT molecular complexity index is 457. The molecule has 2 N–H and O–H groups in total. The first-order valence-corrected chi connectivity index (χ1v) is 9.42. The summed E-state index contributed by atoms with van der Waals surface area (Å²) in [5, 5.41) is 13.9. The van der Waals surface area contributed by atoms with Crippen LogP contribution in [-0.4, -0.2) is 36.2 Å². The Labute approximate surface area is 173 Å². The maximum atomic E-state index is 10.5. The van der Waals surface area contributed by atoms with Gasteiger partial charge in [-0.05, 0) is 63.7 Å². The molecular weight excluding hydrogens is 549 g/mol. The van der Waals surface area contributed by atoms with E-state index in [-0.39, 0.29) is 24.8 Å². The summed E-state index contributed by atoms with van der Waals surface area (Å²) in [5.41, 5.74) is 1.11. The SMILES string of the molecule is CCCC[C@@H](c1cc(I)cc(I)c1O)N1CCNCC1.Cl.Cl. The Hall–Kier alpha value is 0.980. The fraction of sp³-hybridized carbons (Fsp3) is 0.600. The Morgan fingerprint density at radius 3 is 2.45 bits per heavy atom. The van der Waals surface area contributed by atoms with E-state index in [1.165, 1.54) is 16.4 Å². The third kappa shape index (κ3) is 6.12. The van der Waals surface area contributed by atoms with Crippen molar-refractivity contribution >= 4 is 70.0 Å². The van der Waals surface area contributed by atoms with E-state index in [9.17, 15) is 5.11 Å². The second kappa shape index (κ2) is 11.5. The molecule has 0 bridgehead atoms. The van der Waals surface area contributed by atoms with E-state index in [0.717, 1.165) is 41.7 Å². The number of halogens is 4. The molecule has 0 saturated carbocycles. The normalized spacial score (nSPS) is 16.5. The van der Waals surface area contributed by atoms with Crippen LogP contribution >= 0.6 is 70.0 Å². The number of nitrogens with one attached hydrogen (secondary N) is 1. The van der Waals surface area contributed by atoms with Gasteiger partial charge in [0.25, 0.3) is 0 Å². The molecule has 1 heterocycles. The molecule has 1 aliphatic heterocycles. The molecule has 1 fully saturated rings. The molecule has 1 aromatic carbocycles. The molecule has 1 atom stereocenters. The molecule has 0 radical (unpaired) electrons. The lowest BCUT2D eigenvalue weighted by molar-refractivity contribution is 0.160. The van der Waals surface area contributed by atoms with Crippen molar-refractivity contribution < 1.29 is 5.11 Å². The molecule has 128 valence electrons. The fourth-order valence-electron chi connectivity index (χ4n) is 2.77. The number of phenols is 1. The van der Waals surface area contributed by atoms with E-state index in [1.807, 2.05) is 6.07 Å². The first-order valence-electron chi connectivity index (χ1n) is 7.26. The summed E-state index contributed by atoms with van der Waals surface area (Å²) in [4.78, 5) is 2.52. The summed E-state index contributed by atoms with van der Waals surface area (Å²) in [5.74, 6) is 0.477. The number of hydrogen-bond acceptors (Lipinski definition) is 3. The smallest absolute Gasteiger partial charge is 0.133 e. The Morgan fingerprint density at radius 2 is 1.86 bits per heavy atom. The molecule has 0 amide bonds. The number of nitrogens with zero attached hydrogens (tertiary/aromatic N) is 1. The lowest BCUT2D eigenvalue weighted by Gasteiger charge is -2.35. The van der Waals surface area contributed by atoms with Crippen molar-refractivity contribution in [3.05, 3.63) is 24.8 Å². The average molecular weight is 573 g/mol. The van der Waals surface area contributed by atoms with Gasteiger partial charge in [0.15, 0.2) is 0 Å². The molecule has 0 spiro atoms. The van der Waals surface area contributed by atoms with E-state index in [4.69, 9.17) is 0 Å². The molecule has 3 nitrogen and oxygen atoms in total. The number of aromatic hydroxyl groups is 1. The van der Waals surface area contributed by atoms with Crippen molar-refractivity contribution in [2.24, 2.45) is 0 Å². The number of rotatable bonds is 5. The second-order valence-electron chi connectivity index (χ2n) is 5.27. The number of benzene rings is 1. The second-order valence-corrected chi connectivity index (χ2v) is 7.68. The molecule has 22 heavy (non-hydrogen) atoms. The van der Waals surface area contributed by atoms with Crippen LogP contribution in [0.5, 0.6) is 5.75 Å². The molecule has 0 unspecified atom stereocenters. The lowest BCUT2D eigenvalue weighted by atomic mass is 9.98. The summed E-state index contributed by atoms with van der Waals surface area (Å²) in [6.07, 6.45) is 3.53. The molecule has 1 aromatic rings. The van der Waals surface area contributed by atoms with Gasteiger partial charge in [0.1, 0.15) is 5.75 Å². The molecule has 1 saturated heterocycles. The van der Waals surface area contributed by atoms with Crippen LogP contribution in [0.2, 0.25) is 0 Å². The van der Waals surface area contributed by atoms with E-state index in [0.29, 0.717) is 11.8 Å². The van der Waals surface area contributed by atoms with Crippen molar-refractivity contribution in [1.82, 2.24) is 10.2 Å². The molecule has 1 aliphatic rings. The van der Waals surface area contributed by atoms with Crippen molar-refractivity contribution in [3.63, 3.8) is 0 Å². The Balaban J connectivity index is 0.00000220. The third-order valence-electron chi connectivity index (χ3n) is 3.84. The van der Waals surface area contributed by atoms with Crippen LogP contribution in [0.15, 0.2) is 12.1 Å². The number of phenolic OH excluding ortho intramolecular Hbond substituents is 1. The van der Waals surface area contributed by atoms with E-state index in [1.54, 1.807) is 0 Å². The Kier molecular flexibility index (Phi) is 12.0. The van der Waals surface area contributed by atoms with E-state index in [2.05, 4.69) is 68.4 Å². The standard InChI is InChI=1S/C15H22I2N2O.2ClH/c1-2-3-4-14(19-7-5-18-6-8-19)12-9-11(16)10-13(17)15(12)20;;/h9-10,14,18,20H,2-8H2,1H3;2*1H/t14-;;/m0../s1. The first kappa shape index (κ1) is 23.0. The summed E-state index contributed by atoms with van der Waals surface area (Å²) >= 11 is 4.57. The highest BCUT2D eigenvalue weighted by molar-refractivity contribution is 14.1. The van der Waals surface area contributed by atoms with Gasteiger partial charge in [-0.2, -0.15) is 0 Å². The van der Waals surface area contributed by atoms with Crippen LogP contribution in [0.4, 0.5) is 0 Å². The average Bonchev–Trinajstić information content (AvgIpc) is 2.45. The first-order chi connectivity index (χ1) is 9.63. The van der Waals surface area contributed by atoms with E-state index >= 15 is 0 Å². The monoisotopic (exact) mass is 572 g/mol. The zero-order chi connectivity index (χ0) is 14.5. The number of unbranched alkanes of at least 4 members (excludes halogenated alkanes) is 1. The van der Waals surface area contributed by atoms with Crippen molar-refractivity contribution in [3.8, 4) is 5.75 Å². The lowest BCUT2D eigenvalue weighted by Crippen LogP contribution is -2.45. The van der Waals surface area contributed by atoms with Crippen molar-refractivity contribution in [2.75, 3.05) is 26.2 Å². The molecule has 7 heteroatoms. The Morgan fingerprint density at radius 1 is 1.23 bits per heavy atom. The molecular formula is C15H24Cl2I2N2O. The van der Waals surface area contributed by atoms with Gasteiger partial charge in [-0.3, -0.25) is 4.90 Å². The predicted molar refractivity (Wildman–Crippen MR) is 115 cm³/mol. The van der Waals surface area contributed by atoms with Crippen LogP contribution in [0, 0.1) is 7.14 Å². The van der Waals surface area contributed by atoms with Crippen molar-refractivity contribution in [2.45, 2.75) is 32.2 Å². The van der Waals surface area contributed by atoms with Crippen LogP contribution in [-0.2, 0) is 0 Å². The minimum absolute atomic E-state index is 0. The summed E-state index contributed by atoms with van der Waals surface area (Å²) in [7, 11) is 0. The highest BCUT2D eigenvalue weighted by Crippen LogP contribution is 2.36. The molecule has 2 rings (SSSR count). The number of piperazine rings is 1. The quantitative estimate of drug-likeness (QED) is 0.507. The number of hydrogen-bond donors (Lipinski definition) is 2. The highest BCUT2D eigenvalue weighted by atomic mass is 127. The fourth-order valence-corrected chi connectivity index (χ4v) is 4.66. The van der Waals surface area contributed by atoms with Gasteiger partial charge in [0.2, 0.25) is 0 Å². The van der Waals surface area contributed by atoms with E-state index < -0.39 is 0 Å². The summed E-state index contributed by atoms with van der Waals surface area (Å²) < 4.78 is 2.16. The van der Waals surface area contributed by atoms with Crippen LogP contribution in [0.25, 0.3) is 0 Å².